The number of hydrogen-bond acceptors (Lipinski definition) is 4. The first-order chi connectivity index (χ1) is 9.77. The van der Waals surface area contributed by atoms with Crippen LogP contribution in [-0.2, 0) is 9.84 Å². The van der Waals surface area contributed by atoms with Crippen molar-refractivity contribution in [3.8, 4) is 0 Å². The minimum atomic E-state index is -3.06. The predicted octanol–water partition coefficient (Wildman–Crippen LogP) is 1.35. The average Bonchev–Trinajstić information content (AvgIpc) is 2.67. The number of anilines is 1. The van der Waals surface area contributed by atoms with Crippen LogP contribution in [0, 0.1) is 0 Å². The van der Waals surface area contributed by atoms with Crippen molar-refractivity contribution in [2.24, 2.45) is 0 Å². The Morgan fingerprint density at radius 1 is 1.33 bits per heavy atom. The van der Waals surface area contributed by atoms with Gasteiger partial charge >= 0.3 is 12.0 Å². The molecule has 1 atom stereocenters. The number of sulfone groups is 1. The van der Waals surface area contributed by atoms with Gasteiger partial charge in [-0.25, -0.2) is 18.0 Å². The number of nitrogens with one attached hydrogen (secondary N) is 2. The van der Waals surface area contributed by atoms with E-state index in [0.29, 0.717) is 12.1 Å². The summed E-state index contributed by atoms with van der Waals surface area (Å²) in [6.45, 7) is 0. The maximum atomic E-state index is 11.7. The van der Waals surface area contributed by atoms with Crippen LogP contribution in [0.5, 0.6) is 0 Å². The molecule has 1 aromatic rings. The summed E-state index contributed by atoms with van der Waals surface area (Å²) in [4.78, 5) is 22.5. The van der Waals surface area contributed by atoms with Crippen molar-refractivity contribution in [3.63, 3.8) is 0 Å². The van der Waals surface area contributed by atoms with Gasteiger partial charge < -0.3 is 15.7 Å². The zero-order valence-corrected chi connectivity index (χ0v) is 12.4. The van der Waals surface area contributed by atoms with Gasteiger partial charge in [-0.2, -0.15) is 0 Å². The first-order valence-corrected chi connectivity index (χ1v) is 8.27. The lowest BCUT2D eigenvalue weighted by Gasteiger charge is -2.12. The molecule has 1 unspecified atom stereocenters. The number of hydrogen-bond donors (Lipinski definition) is 3. The monoisotopic (exact) mass is 332 g/mol. The molecule has 9 heteroatoms. The van der Waals surface area contributed by atoms with E-state index in [4.69, 9.17) is 16.7 Å². The van der Waals surface area contributed by atoms with Gasteiger partial charge in [0.2, 0.25) is 0 Å². The Morgan fingerprint density at radius 3 is 2.57 bits per heavy atom. The number of carbonyl (C=O) groups is 2. The van der Waals surface area contributed by atoms with Gasteiger partial charge in [-0.1, -0.05) is 11.6 Å². The summed E-state index contributed by atoms with van der Waals surface area (Å²) in [5.74, 6) is -1.16. The molecule has 0 radical (unpaired) electrons. The van der Waals surface area contributed by atoms with Crippen LogP contribution in [0.4, 0.5) is 10.5 Å². The molecular weight excluding hydrogens is 320 g/mol. The van der Waals surface area contributed by atoms with Gasteiger partial charge in [-0.3, -0.25) is 0 Å². The number of amides is 2. The average molecular weight is 333 g/mol. The Bertz CT molecular complexity index is 689. The Kier molecular flexibility index (Phi) is 4.38. The normalized spacial score (nSPS) is 20.0. The molecule has 2 rings (SSSR count). The molecule has 0 aromatic heterocycles. The molecule has 1 fully saturated rings. The number of carboxylic acids is 1. The van der Waals surface area contributed by atoms with Crippen molar-refractivity contribution in [2.45, 2.75) is 12.5 Å². The molecule has 1 aliphatic rings. The topological polar surface area (TPSA) is 113 Å². The summed E-state index contributed by atoms with van der Waals surface area (Å²) in [6, 6.07) is 3.02. The van der Waals surface area contributed by atoms with E-state index in [0.717, 1.165) is 0 Å². The number of halogens is 1. The lowest BCUT2D eigenvalue weighted by Crippen LogP contribution is -2.38. The molecule has 21 heavy (non-hydrogen) atoms. The van der Waals surface area contributed by atoms with Gasteiger partial charge in [-0.05, 0) is 24.6 Å². The lowest BCUT2D eigenvalue weighted by molar-refractivity contribution is 0.0697. The largest absolute Gasteiger partial charge is 0.478 e. The summed E-state index contributed by atoms with van der Waals surface area (Å²) in [7, 11) is -3.06. The Balaban J connectivity index is 1.97. The zero-order valence-electron chi connectivity index (χ0n) is 10.8. The lowest BCUT2D eigenvalue weighted by atomic mass is 10.2. The third-order valence-electron chi connectivity index (χ3n) is 3.03. The minimum Gasteiger partial charge on any atom is -0.478 e. The van der Waals surface area contributed by atoms with E-state index < -0.39 is 27.9 Å². The van der Waals surface area contributed by atoms with Gasteiger partial charge in [-0.15, -0.1) is 0 Å². The first-order valence-electron chi connectivity index (χ1n) is 6.07. The Morgan fingerprint density at radius 2 is 2.05 bits per heavy atom. The van der Waals surface area contributed by atoms with Crippen molar-refractivity contribution in [1.82, 2.24) is 5.32 Å². The quantitative estimate of drug-likeness (QED) is 0.773. The highest BCUT2D eigenvalue weighted by Crippen LogP contribution is 2.21. The standard InChI is InChI=1S/C12H13ClN2O5S/c13-10-5-7(1-2-9(10)11(16)17)14-12(18)15-8-3-4-21(19,20)6-8/h1-2,5,8H,3-4,6H2,(H,16,17)(H2,14,15,18). The molecule has 3 N–H and O–H groups in total. The fourth-order valence-corrected chi connectivity index (χ4v) is 3.96. The van der Waals surface area contributed by atoms with Gasteiger partial charge in [0.05, 0.1) is 22.1 Å². The van der Waals surface area contributed by atoms with Crippen LogP contribution < -0.4 is 10.6 Å². The van der Waals surface area contributed by atoms with Gasteiger partial charge in [0.25, 0.3) is 0 Å². The molecule has 1 aromatic carbocycles. The number of aromatic carboxylic acids is 1. The second-order valence-electron chi connectivity index (χ2n) is 4.70. The van der Waals surface area contributed by atoms with Crippen LogP contribution in [0.3, 0.4) is 0 Å². The predicted molar refractivity (Wildman–Crippen MR) is 77.6 cm³/mol. The SMILES string of the molecule is O=C(Nc1ccc(C(=O)O)c(Cl)c1)NC1CCS(=O)(=O)C1. The van der Waals surface area contributed by atoms with Gasteiger partial charge in [0, 0.05) is 11.7 Å². The molecule has 0 saturated carbocycles. The number of benzene rings is 1. The second-order valence-corrected chi connectivity index (χ2v) is 7.33. The van der Waals surface area contributed by atoms with Crippen LogP contribution in [0.25, 0.3) is 0 Å². The van der Waals surface area contributed by atoms with Gasteiger partial charge in [0.1, 0.15) is 0 Å². The van der Waals surface area contributed by atoms with Crippen molar-refractivity contribution >= 4 is 39.1 Å². The maximum Gasteiger partial charge on any atom is 0.337 e. The molecule has 2 amide bonds. The molecule has 0 spiro atoms. The van der Waals surface area contributed by atoms with E-state index in [1.165, 1.54) is 18.2 Å². The number of rotatable bonds is 3. The van der Waals surface area contributed by atoms with E-state index in [1.807, 2.05) is 0 Å². The summed E-state index contributed by atoms with van der Waals surface area (Å²) in [5.41, 5.74) is 0.257. The van der Waals surface area contributed by atoms with Crippen LogP contribution >= 0.6 is 11.6 Å². The number of urea groups is 1. The smallest absolute Gasteiger partial charge is 0.337 e. The molecule has 1 saturated heterocycles. The molecule has 0 aliphatic carbocycles. The zero-order chi connectivity index (χ0) is 15.6. The summed E-state index contributed by atoms with van der Waals surface area (Å²) in [6.07, 6.45) is 0.383. The van der Waals surface area contributed by atoms with Crippen molar-refractivity contribution in [3.05, 3.63) is 28.8 Å². The third-order valence-corrected chi connectivity index (χ3v) is 5.11. The first kappa shape index (κ1) is 15.6. The molecule has 1 aliphatic heterocycles. The van der Waals surface area contributed by atoms with Crippen LogP contribution in [0.15, 0.2) is 18.2 Å². The molecular formula is C12H13ClN2O5S. The summed E-state index contributed by atoms with van der Waals surface area (Å²) < 4.78 is 22.6. The highest BCUT2D eigenvalue weighted by Gasteiger charge is 2.28. The van der Waals surface area contributed by atoms with Crippen molar-refractivity contribution in [1.29, 1.82) is 0 Å². The summed E-state index contributed by atoms with van der Waals surface area (Å²) >= 11 is 5.78. The van der Waals surface area contributed by atoms with Crippen LogP contribution in [0.1, 0.15) is 16.8 Å². The number of carbonyl (C=O) groups excluding carboxylic acids is 1. The minimum absolute atomic E-state index is 0.00347. The highest BCUT2D eigenvalue weighted by molar-refractivity contribution is 7.91. The third kappa shape index (κ3) is 4.08. The highest BCUT2D eigenvalue weighted by atomic mass is 35.5. The number of carboxylic acid groups (broad SMARTS) is 1. The van der Waals surface area contributed by atoms with Crippen LogP contribution in [-0.4, -0.2) is 43.1 Å². The van der Waals surface area contributed by atoms with Crippen molar-refractivity contribution < 1.29 is 23.1 Å². The van der Waals surface area contributed by atoms with Crippen LogP contribution in [0.2, 0.25) is 5.02 Å². The van der Waals surface area contributed by atoms with Gasteiger partial charge in [0.15, 0.2) is 9.84 Å². The van der Waals surface area contributed by atoms with Crippen molar-refractivity contribution in [2.75, 3.05) is 16.8 Å². The van der Waals surface area contributed by atoms with E-state index in [1.54, 1.807) is 0 Å². The molecule has 0 bridgehead atoms. The molecule has 7 nitrogen and oxygen atoms in total. The second kappa shape index (κ2) is 5.90. The molecule has 114 valence electrons. The molecule has 1 heterocycles. The summed E-state index contributed by atoms with van der Waals surface area (Å²) in [5, 5.41) is 13.9. The Labute approximate surface area is 126 Å². The fraction of sp³-hybridized carbons (Fsp3) is 0.333. The maximum absolute atomic E-state index is 11.7. The Hall–Kier alpha value is -1.80. The van der Waals surface area contributed by atoms with E-state index in [-0.39, 0.29) is 22.1 Å². The van der Waals surface area contributed by atoms with E-state index >= 15 is 0 Å². The van der Waals surface area contributed by atoms with E-state index in [9.17, 15) is 18.0 Å². The fourth-order valence-electron chi connectivity index (χ4n) is 2.03. The van der Waals surface area contributed by atoms with E-state index in [2.05, 4.69) is 10.6 Å².